The fourth-order valence-corrected chi connectivity index (χ4v) is 5.36. The number of thioether (sulfide) groups is 1. The van der Waals surface area contributed by atoms with E-state index in [1.54, 1.807) is 37.1 Å². The van der Waals surface area contributed by atoms with E-state index in [0.29, 0.717) is 41.9 Å². The van der Waals surface area contributed by atoms with E-state index in [-0.39, 0.29) is 17.5 Å². The molecule has 2 aromatic carbocycles. The fourth-order valence-electron chi connectivity index (χ4n) is 4.87. The van der Waals surface area contributed by atoms with Crippen molar-refractivity contribution < 1.29 is 24.2 Å². The molecule has 2 atom stereocenters. The Morgan fingerprint density at radius 2 is 1.91 bits per heavy atom. The average Bonchev–Trinajstić information content (AvgIpc) is 2.85. The third-order valence-corrected chi connectivity index (χ3v) is 7.37. The minimum atomic E-state index is -0.589. The lowest BCUT2D eigenvalue weighted by Crippen LogP contribution is -2.36. The molecule has 2 N–H and O–H groups in total. The molecule has 0 fully saturated rings. The number of ketones is 1. The SMILES string of the molecule is CCSCCOC(=O)C1=C(C)NC2=C(C(=O)C[C@H](c3ccc(OC)cc3)C2)[C@H]1c1cccc(O)c1. The second kappa shape index (κ2) is 11.0. The van der Waals surface area contributed by atoms with E-state index in [4.69, 9.17) is 9.47 Å². The predicted molar refractivity (Wildman–Crippen MR) is 138 cm³/mol. The Morgan fingerprint density at radius 1 is 1.14 bits per heavy atom. The van der Waals surface area contributed by atoms with Gasteiger partial charge < -0.3 is 19.9 Å². The zero-order valence-electron chi connectivity index (χ0n) is 20.3. The largest absolute Gasteiger partial charge is 0.508 e. The number of carbonyl (C=O) groups is 2. The summed E-state index contributed by atoms with van der Waals surface area (Å²) in [4.78, 5) is 26.8. The first-order valence-corrected chi connectivity index (χ1v) is 13.0. The molecule has 7 heteroatoms. The molecule has 0 amide bonds. The average molecular weight is 494 g/mol. The number of aromatic hydroxyl groups is 1. The number of benzene rings is 2. The normalized spacial score (nSPS) is 19.8. The van der Waals surface area contributed by atoms with Gasteiger partial charge in [-0.1, -0.05) is 31.2 Å². The van der Waals surface area contributed by atoms with Gasteiger partial charge in [-0.2, -0.15) is 11.8 Å². The van der Waals surface area contributed by atoms with E-state index in [0.717, 1.165) is 28.5 Å². The first kappa shape index (κ1) is 24.9. The summed E-state index contributed by atoms with van der Waals surface area (Å²) in [5.74, 6) is 1.53. The molecule has 35 heavy (non-hydrogen) atoms. The molecule has 2 aromatic rings. The fraction of sp³-hybridized carbons (Fsp3) is 0.357. The van der Waals surface area contributed by atoms with Crippen LogP contribution in [0.25, 0.3) is 0 Å². The standard InChI is InChI=1S/C28H31NO5S/c1-4-35-13-12-34-28(32)25-17(2)29-23-15-20(18-8-10-22(33-3)11-9-18)16-24(31)27(23)26(25)19-6-5-7-21(30)14-19/h5-11,14,20,26,29-30H,4,12-13,15-16H2,1-3H3/t20-,26+/m1/s1. The molecule has 0 radical (unpaired) electrons. The summed E-state index contributed by atoms with van der Waals surface area (Å²) in [6, 6.07) is 14.6. The summed E-state index contributed by atoms with van der Waals surface area (Å²) in [5, 5.41) is 13.5. The highest BCUT2D eigenvalue weighted by molar-refractivity contribution is 7.99. The number of phenols is 1. The number of carbonyl (C=O) groups excluding carboxylic acids is 2. The van der Waals surface area contributed by atoms with E-state index >= 15 is 0 Å². The van der Waals surface area contributed by atoms with Crippen LogP contribution in [0.2, 0.25) is 0 Å². The maximum Gasteiger partial charge on any atom is 0.336 e. The van der Waals surface area contributed by atoms with Crippen molar-refractivity contribution in [3.8, 4) is 11.5 Å². The van der Waals surface area contributed by atoms with Crippen LogP contribution >= 0.6 is 11.8 Å². The van der Waals surface area contributed by atoms with Gasteiger partial charge in [-0.25, -0.2) is 4.79 Å². The first-order valence-electron chi connectivity index (χ1n) is 11.8. The summed E-state index contributed by atoms with van der Waals surface area (Å²) in [5.41, 5.74) is 4.28. The van der Waals surface area contributed by atoms with Crippen LogP contribution in [-0.2, 0) is 14.3 Å². The molecule has 6 nitrogen and oxygen atoms in total. The van der Waals surface area contributed by atoms with Crippen LogP contribution in [0.1, 0.15) is 49.7 Å². The predicted octanol–water partition coefficient (Wildman–Crippen LogP) is 5.06. The summed E-state index contributed by atoms with van der Waals surface area (Å²) in [6.45, 7) is 4.21. The summed E-state index contributed by atoms with van der Waals surface area (Å²) in [7, 11) is 1.63. The highest BCUT2D eigenvalue weighted by Crippen LogP contribution is 2.46. The van der Waals surface area contributed by atoms with E-state index in [2.05, 4.69) is 12.2 Å². The molecule has 184 valence electrons. The van der Waals surface area contributed by atoms with Crippen molar-refractivity contribution in [2.45, 2.75) is 38.5 Å². The minimum Gasteiger partial charge on any atom is -0.508 e. The Morgan fingerprint density at radius 3 is 2.60 bits per heavy atom. The summed E-state index contributed by atoms with van der Waals surface area (Å²) < 4.78 is 10.9. The van der Waals surface area contributed by atoms with Gasteiger partial charge in [0.1, 0.15) is 18.1 Å². The van der Waals surface area contributed by atoms with Gasteiger partial charge in [-0.05, 0) is 60.4 Å². The number of hydrogen-bond donors (Lipinski definition) is 2. The van der Waals surface area contributed by atoms with Crippen molar-refractivity contribution in [1.82, 2.24) is 5.32 Å². The number of ether oxygens (including phenoxy) is 2. The number of allylic oxidation sites excluding steroid dienone is 3. The lowest BCUT2D eigenvalue weighted by Gasteiger charge is -2.36. The highest BCUT2D eigenvalue weighted by Gasteiger charge is 2.41. The van der Waals surface area contributed by atoms with Crippen molar-refractivity contribution in [1.29, 1.82) is 0 Å². The topological polar surface area (TPSA) is 84.9 Å². The van der Waals surface area contributed by atoms with Gasteiger partial charge in [0.05, 0.1) is 12.7 Å². The zero-order valence-corrected chi connectivity index (χ0v) is 21.1. The number of phenolic OH excluding ortho intramolecular Hbond substituents is 1. The van der Waals surface area contributed by atoms with Crippen LogP contribution < -0.4 is 10.1 Å². The van der Waals surface area contributed by atoms with Crippen LogP contribution in [0.3, 0.4) is 0 Å². The second-order valence-corrected chi connectivity index (χ2v) is 10.1. The monoisotopic (exact) mass is 493 g/mol. The third kappa shape index (κ3) is 5.40. The first-order chi connectivity index (χ1) is 16.9. The maximum atomic E-state index is 13.6. The molecule has 1 aliphatic heterocycles. The summed E-state index contributed by atoms with van der Waals surface area (Å²) in [6.07, 6.45) is 0.992. The Kier molecular flexibility index (Phi) is 7.86. The van der Waals surface area contributed by atoms with E-state index < -0.39 is 11.9 Å². The second-order valence-electron chi connectivity index (χ2n) is 8.72. The van der Waals surface area contributed by atoms with Gasteiger partial charge in [-0.3, -0.25) is 4.79 Å². The molecule has 1 aliphatic carbocycles. The number of Topliss-reactive ketones (excluding diaryl/α,β-unsaturated/α-hetero) is 1. The summed E-state index contributed by atoms with van der Waals surface area (Å²) >= 11 is 1.70. The van der Waals surface area contributed by atoms with Crippen molar-refractivity contribution in [2.24, 2.45) is 0 Å². The Hall–Kier alpha value is -3.19. The number of nitrogens with one attached hydrogen (secondary N) is 1. The van der Waals surface area contributed by atoms with Crippen LogP contribution in [0.15, 0.2) is 71.1 Å². The van der Waals surface area contributed by atoms with Crippen LogP contribution in [-0.4, -0.2) is 42.1 Å². The molecular weight excluding hydrogens is 462 g/mol. The number of rotatable bonds is 8. The molecule has 0 spiro atoms. The Labute approximate surface area is 210 Å². The van der Waals surface area contributed by atoms with Crippen LogP contribution in [0.4, 0.5) is 0 Å². The van der Waals surface area contributed by atoms with Gasteiger partial charge in [0, 0.05) is 35.1 Å². The van der Waals surface area contributed by atoms with Gasteiger partial charge in [0.15, 0.2) is 5.78 Å². The minimum absolute atomic E-state index is 0.00718. The number of esters is 1. The van der Waals surface area contributed by atoms with Crippen molar-refractivity contribution in [3.05, 3.63) is 82.2 Å². The Bertz CT molecular complexity index is 1170. The van der Waals surface area contributed by atoms with Crippen LogP contribution in [0, 0.1) is 0 Å². The highest BCUT2D eigenvalue weighted by atomic mass is 32.2. The van der Waals surface area contributed by atoms with Crippen molar-refractivity contribution in [3.63, 3.8) is 0 Å². The van der Waals surface area contributed by atoms with Gasteiger partial charge >= 0.3 is 5.97 Å². The Balaban J connectivity index is 1.69. The smallest absolute Gasteiger partial charge is 0.336 e. The van der Waals surface area contributed by atoms with E-state index in [9.17, 15) is 14.7 Å². The molecule has 0 bridgehead atoms. The third-order valence-electron chi connectivity index (χ3n) is 6.50. The number of dihydropyridines is 1. The molecule has 2 aliphatic rings. The van der Waals surface area contributed by atoms with Gasteiger partial charge in [0.25, 0.3) is 0 Å². The molecule has 0 aromatic heterocycles. The lowest BCUT2D eigenvalue weighted by atomic mass is 9.71. The molecule has 1 heterocycles. The van der Waals surface area contributed by atoms with Crippen LogP contribution in [0.5, 0.6) is 11.5 Å². The molecule has 0 saturated heterocycles. The van der Waals surface area contributed by atoms with Gasteiger partial charge in [0.2, 0.25) is 0 Å². The van der Waals surface area contributed by atoms with Crippen molar-refractivity contribution in [2.75, 3.05) is 25.2 Å². The van der Waals surface area contributed by atoms with Gasteiger partial charge in [-0.15, -0.1) is 0 Å². The molecule has 0 unspecified atom stereocenters. The number of methoxy groups -OCH3 is 1. The maximum absolute atomic E-state index is 13.6. The van der Waals surface area contributed by atoms with E-state index in [1.165, 1.54) is 0 Å². The van der Waals surface area contributed by atoms with Crippen molar-refractivity contribution >= 4 is 23.5 Å². The van der Waals surface area contributed by atoms with E-state index in [1.807, 2.05) is 37.3 Å². The number of hydrogen-bond acceptors (Lipinski definition) is 7. The molecular formula is C28H31NO5S. The zero-order chi connectivity index (χ0) is 24.9. The quantitative estimate of drug-likeness (QED) is 0.393. The molecule has 0 saturated carbocycles. The lowest BCUT2D eigenvalue weighted by molar-refractivity contribution is -0.138. The molecule has 4 rings (SSSR count).